The van der Waals surface area contributed by atoms with Crippen molar-refractivity contribution in [3.63, 3.8) is 0 Å². The van der Waals surface area contributed by atoms with Crippen molar-refractivity contribution in [2.75, 3.05) is 13.1 Å². The van der Waals surface area contributed by atoms with Crippen molar-refractivity contribution in [3.05, 3.63) is 0 Å². The zero-order chi connectivity index (χ0) is 20.4. The second kappa shape index (κ2) is 18.6. The SMILES string of the molecule is CC.CCC(C)=O.CCCC(N)C(=O)NCC(=O)NCC(=O)C(C)C. The van der Waals surface area contributed by atoms with E-state index in [1.165, 1.54) is 0 Å². The fourth-order valence-electron chi connectivity index (χ4n) is 1.19. The number of carbonyl (C=O) groups is 4. The summed E-state index contributed by atoms with van der Waals surface area (Å²) in [5.41, 5.74) is 5.58. The normalized spacial score (nSPS) is 10.4. The van der Waals surface area contributed by atoms with Crippen LogP contribution in [0, 0.1) is 5.92 Å². The number of nitrogens with one attached hydrogen (secondary N) is 2. The van der Waals surface area contributed by atoms with Crippen LogP contribution in [0.25, 0.3) is 0 Å². The van der Waals surface area contributed by atoms with Crippen LogP contribution in [0.2, 0.25) is 0 Å². The molecule has 0 aromatic rings. The summed E-state index contributed by atoms with van der Waals surface area (Å²) in [6.45, 7) is 12.7. The van der Waals surface area contributed by atoms with E-state index in [0.29, 0.717) is 12.8 Å². The molecular formula is C18H37N3O4. The molecule has 0 spiro atoms. The van der Waals surface area contributed by atoms with Crippen LogP contribution in [0.4, 0.5) is 0 Å². The van der Waals surface area contributed by atoms with E-state index in [1.807, 2.05) is 27.7 Å². The number of rotatable bonds is 9. The van der Waals surface area contributed by atoms with Gasteiger partial charge in [0, 0.05) is 12.3 Å². The maximum Gasteiger partial charge on any atom is 0.239 e. The van der Waals surface area contributed by atoms with E-state index < -0.39 is 6.04 Å². The average Bonchev–Trinajstić information content (AvgIpc) is 2.59. The van der Waals surface area contributed by atoms with Gasteiger partial charge >= 0.3 is 0 Å². The summed E-state index contributed by atoms with van der Waals surface area (Å²) in [5.74, 6) is -0.636. The van der Waals surface area contributed by atoms with Gasteiger partial charge in [0.15, 0.2) is 5.78 Å². The van der Waals surface area contributed by atoms with Gasteiger partial charge in [-0.1, -0.05) is 48.0 Å². The van der Waals surface area contributed by atoms with Gasteiger partial charge < -0.3 is 21.2 Å². The van der Waals surface area contributed by atoms with Gasteiger partial charge in [-0.15, -0.1) is 0 Å². The number of ketones is 2. The predicted molar refractivity (Wildman–Crippen MR) is 101 cm³/mol. The first-order chi connectivity index (χ1) is 11.6. The second-order valence-corrected chi connectivity index (χ2v) is 5.57. The molecule has 0 bridgehead atoms. The van der Waals surface area contributed by atoms with Crippen molar-refractivity contribution in [2.24, 2.45) is 11.7 Å². The minimum absolute atomic E-state index is 0.00656. The summed E-state index contributed by atoms with van der Waals surface area (Å²) in [6, 6.07) is -0.583. The first kappa shape index (κ1) is 28.1. The van der Waals surface area contributed by atoms with E-state index in [9.17, 15) is 19.2 Å². The lowest BCUT2D eigenvalue weighted by Crippen LogP contribution is -2.45. The smallest absolute Gasteiger partial charge is 0.239 e. The molecule has 0 heterocycles. The van der Waals surface area contributed by atoms with E-state index in [4.69, 9.17) is 5.73 Å². The highest BCUT2D eigenvalue weighted by molar-refractivity contribution is 5.90. The number of nitrogens with two attached hydrogens (primary N) is 1. The fourth-order valence-corrected chi connectivity index (χ4v) is 1.19. The molecule has 0 aliphatic carbocycles. The van der Waals surface area contributed by atoms with Crippen LogP contribution in [-0.4, -0.2) is 42.5 Å². The Morgan fingerprint density at radius 1 is 0.960 bits per heavy atom. The van der Waals surface area contributed by atoms with Gasteiger partial charge in [-0.25, -0.2) is 0 Å². The highest BCUT2D eigenvalue weighted by Crippen LogP contribution is 1.93. The first-order valence-electron chi connectivity index (χ1n) is 8.97. The molecule has 0 aromatic heterocycles. The molecule has 148 valence electrons. The van der Waals surface area contributed by atoms with Gasteiger partial charge in [0.05, 0.1) is 19.1 Å². The number of amides is 2. The van der Waals surface area contributed by atoms with E-state index >= 15 is 0 Å². The minimum atomic E-state index is -0.583. The molecule has 7 nitrogen and oxygen atoms in total. The van der Waals surface area contributed by atoms with Gasteiger partial charge in [0.1, 0.15) is 5.78 Å². The molecule has 0 fully saturated rings. The molecule has 0 aliphatic heterocycles. The number of carbonyl (C=O) groups excluding carboxylic acids is 4. The topological polar surface area (TPSA) is 118 Å². The molecule has 0 aliphatic rings. The molecule has 0 saturated heterocycles. The third-order valence-electron chi connectivity index (χ3n) is 2.96. The largest absolute Gasteiger partial charge is 0.347 e. The van der Waals surface area contributed by atoms with Crippen LogP contribution in [0.5, 0.6) is 0 Å². The average molecular weight is 360 g/mol. The molecule has 0 rings (SSSR count). The maximum absolute atomic E-state index is 11.4. The summed E-state index contributed by atoms with van der Waals surface area (Å²) < 4.78 is 0. The molecule has 25 heavy (non-hydrogen) atoms. The van der Waals surface area contributed by atoms with E-state index in [1.54, 1.807) is 20.8 Å². The summed E-state index contributed by atoms with van der Waals surface area (Å²) in [6.07, 6.45) is 2.06. The van der Waals surface area contributed by atoms with E-state index in [2.05, 4.69) is 10.6 Å². The molecule has 0 saturated carbocycles. The monoisotopic (exact) mass is 359 g/mol. The number of hydrogen-bond acceptors (Lipinski definition) is 5. The zero-order valence-corrected chi connectivity index (χ0v) is 16.9. The number of hydrogen-bond donors (Lipinski definition) is 3. The van der Waals surface area contributed by atoms with Gasteiger partial charge in [-0.2, -0.15) is 0 Å². The van der Waals surface area contributed by atoms with Crippen LogP contribution >= 0.6 is 0 Å². The minimum Gasteiger partial charge on any atom is -0.347 e. The Morgan fingerprint density at radius 3 is 1.80 bits per heavy atom. The number of Topliss-reactive ketones (excluding diaryl/α,β-unsaturated/α-hetero) is 2. The Bertz CT molecular complexity index is 396. The Hall–Kier alpha value is -1.76. The molecule has 1 unspecified atom stereocenters. The Balaban J connectivity index is -0.000000588. The molecule has 0 aromatic carbocycles. The summed E-state index contributed by atoms with van der Waals surface area (Å²) >= 11 is 0. The molecule has 0 radical (unpaired) electrons. The van der Waals surface area contributed by atoms with Gasteiger partial charge in [0.25, 0.3) is 0 Å². The van der Waals surface area contributed by atoms with Crippen LogP contribution in [0.15, 0.2) is 0 Å². The van der Waals surface area contributed by atoms with E-state index in [-0.39, 0.29) is 42.4 Å². The molecular weight excluding hydrogens is 322 g/mol. The Kier molecular flexibility index (Phi) is 20.9. The first-order valence-corrected chi connectivity index (χ1v) is 8.97. The Labute approximate surface area is 152 Å². The highest BCUT2D eigenvalue weighted by atomic mass is 16.2. The quantitative estimate of drug-likeness (QED) is 0.577. The van der Waals surface area contributed by atoms with Gasteiger partial charge in [-0.3, -0.25) is 14.4 Å². The van der Waals surface area contributed by atoms with Gasteiger partial charge in [0.2, 0.25) is 11.8 Å². The standard InChI is InChI=1S/C12H23N3O3.C4H8O.C2H6/c1-4-5-9(13)12(18)15-7-11(17)14-6-10(16)8(2)3;1-3-4(2)5;1-2/h8-9H,4-7,13H2,1-3H3,(H,14,17)(H,15,18);3H2,1-2H3;1-2H3. The Morgan fingerprint density at radius 2 is 1.44 bits per heavy atom. The lowest BCUT2D eigenvalue weighted by molar-refractivity contribution is -0.128. The van der Waals surface area contributed by atoms with Crippen molar-refractivity contribution < 1.29 is 19.2 Å². The lowest BCUT2D eigenvalue weighted by Gasteiger charge is -2.11. The predicted octanol–water partition coefficient (Wildman–Crippen LogP) is 1.58. The van der Waals surface area contributed by atoms with Crippen LogP contribution in [-0.2, 0) is 19.2 Å². The lowest BCUT2D eigenvalue weighted by atomic mass is 10.1. The highest BCUT2D eigenvalue weighted by Gasteiger charge is 2.14. The zero-order valence-electron chi connectivity index (χ0n) is 16.9. The van der Waals surface area contributed by atoms with Crippen LogP contribution < -0.4 is 16.4 Å². The summed E-state index contributed by atoms with van der Waals surface area (Å²) in [7, 11) is 0. The summed E-state index contributed by atoms with van der Waals surface area (Å²) in [4.78, 5) is 43.8. The molecule has 2 amide bonds. The van der Waals surface area contributed by atoms with Crippen molar-refractivity contribution in [3.8, 4) is 0 Å². The van der Waals surface area contributed by atoms with Gasteiger partial charge in [-0.05, 0) is 13.3 Å². The van der Waals surface area contributed by atoms with Crippen LogP contribution in [0.3, 0.4) is 0 Å². The van der Waals surface area contributed by atoms with Crippen molar-refractivity contribution >= 4 is 23.4 Å². The second-order valence-electron chi connectivity index (χ2n) is 5.57. The van der Waals surface area contributed by atoms with Crippen molar-refractivity contribution in [2.45, 2.75) is 73.8 Å². The summed E-state index contributed by atoms with van der Waals surface area (Å²) in [5, 5.41) is 4.88. The third-order valence-corrected chi connectivity index (χ3v) is 2.96. The maximum atomic E-state index is 11.4. The van der Waals surface area contributed by atoms with E-state index in [0.717, 1.165) is 6.42 Å². The van der Waals surface area contributed by atoms with Crippen LogP contribution in [0.1, 0.15) is 67.7 Å². The third kappa shape index (κ3) is 20.2. The molecule has 4 N–H and O–H groups in total. The molecule has 7 heteroatoms. The molecule has 1 atom stereocenters. The van der Waals surface area contributed by atoms with Crippen molar-refractivity contribution in [1.82, 2.24) is 10.6 Å². The van der Waals surface area contributed by atoms with Crippen molar-refractivity contribution in [1.29, 1.82) is 0 Å². The fraction of sp³-hybridized carbons (Fsp3) is 0.778.